The van der Waals surface area contributed by atoms with Crippen molar-refractivity contribution < 1.29 is 23.0 Å². The number of nitrogens with one attached hydrogen (secondary N) is 1. The number of alkyl halides is 2. The first-order chi connectivity index (χ1) is 12.0. The molecule has 1 heterocycles. The van der Waals surface area contributed by atoms with E-state index >= 15 is 0 Å². The molecule has 0 saturated heterocycles. The van der Waals surface area contributed by atoms with Crippen LogP contribution < -0.4 is 14.8 Å². The molecular formula is C18H16ClF2NO3. The maximum atomic E-state index is 12.2. The molecule has 0 aliphatic carbocycles. The molecule has 0 aromatic heterocycles. The summed E-state index contributed by atoms with van der Waals surface area (Å²) in [5, 5.41) is 3.43. The lowest BCUT2D eigenvalue weighted by Gasteiger charge is -2.11. The number of carbonyl (C=O) groups is 1. The summed E-state index contributed by atoms with van der Waals surface area (Å²) < 4.78 is 34.1. The Labute approximate surface area is 148 Å². The summed E-state index contributed by atoms with van der Waals surface area (Å²) in [6, 6.07) is 11.6. The monoisotopic (exact) mass is 367 g/mol. The molecule has 1 amide bonds. The van der Waals surface area contributed by atoms with Crippen LogP contribution in [0.5, 0.6) is 11.5 Å². The number of halogens is 3. The quantitative estimate of drug-likeness (QED) is 0.848. The van der Waals surface area contributed by atoms with Crippen LogP contribution in [0.1, 0.15) is 11.1 Å². The van der Waals surface area contributed by atoms with Crippen LogP contribution in [-0.2, 0) is 17.6 Å². The fourth-order valence-electron chi connectivity index (χ4n) is 2.64. The van der Waals surface area contributed by atoms with Crippen molar-refractivity contribution >= 4 is 17.5 Å². The molecule has 2 aromatic carbocycles. The third-order valence-corrected chi connectivity index (χ3v) is 4.09. The topological polar surface area (TPSA) is 47.6 Å². The Morgan fingerprint density at radius 2 is 2.04 bits per heavy atom. The van der Waals surface area contributed by atoms with Crippen LogP contribution in [0.4, 0.5) is 8.78 Å². The molecular weight excluding hydrogens is 352 g/mol. The van der Waals surface area contributed by atoms with E-state index in [1.165, 1.54) is 12.1 Å². The molecule has 3 rings (SSSR count). The van der Waals surface area contributed by atoms with E-state index in [9.17, 15) is 13.6 Å². The molecule has 1 aliphatic heterocycles. The molecule has 4 nitrogen and oxygen atoms in total. The maximum absolute atomic E-state index is 12.2. The Morgan fingerprint density at radius 1 is 1.28 bits per heavy atom. The normalized spacial score (nSPS) is 15.6. The van der Waals surface area contributed by atoms with Crippen molar-refractivity contribution in [2.75, 3.05) is 6.54 Å². The summed E-state index contributed by atoms with van der Waals surface area (Å²) in [6.07, 6.45) is 0.503. The highest BCUT2D eigenvalue weighted by Crippen LogP contribution is 2.31. The minimum atomic E-state index is -2.84. The fourth-order valence-corrected chi connectivity index (χ4v) is 2.84. The Hall–Kier alpha value is -2.34. The van der Waals surface area contributed by atoms with Crippen molar-refractivity contribution in [3.63, 3.8) is 0 Å². The van der Waals surface area contributed by atoms with E-state index < -0.39 is 12.7 Å². The van der Waals surface area contributed by atoms with E-state index in [2.05, 4.69) is 10.1 Å². The van der Waals surface area contributed by atoms with Gasteiger partial charge in [0.1, 0.15) is 11.5 Å². The highest BCUT2D eigenvalue weighted by Gasteiger charge is 2.28. The summed E-state index contributed by atoms with van der Waals surface area (Å²) in [7, 11) is 0. The third-order valence-electron chi connectivity index (χ3n) is 3.85. The molecule has 7 heteroatoms. The van der Waals surface area contributed by atoms with Crippen molar-refractivity contribution in [3.05, 3.63) is 58.6 Å². The predicted octanol–water partition coefficient (Wildman–Crippen LogP) is 3.60. The first-order valence-electron chi connectivity index (χ1n) is 7.78. The standard InChI is InChI=1S/C18H16ClF2NO3/c19-13-3-6-15-12(9-13)10-16(25-15)17(23)22-8-7-11-1-4-14(5-2-11)24-18(20)21/h1-6,9,16,18H,7-8,10H2,(H,22,23). The molecule has 0 fully saturated rings. The summed E-state index contributed by atoms with van der Waals surface area (Å²) in [4.78, 5) is 12.2. The highest BCUT2D eigenvalue weighted by molar-refractivity contribution is 6.30. The maximum Gasteiger partial charge on any atom is 0.387 e. The van der Waals surface area contributed by atoms with Gasteiger partial charge in [0, 0.05) is 18.0 Å². The Balaban J connectivity index is 1.46. The molecule has 25 heavy (non-hydrogen) atoms. The van der Waals surface area contributed by atoms with Crippen LogP contribution in [0.25, 0.3) is 0 Å². The summed E-state index contributed by atoms with van der Waals surface area (Å²) >= 11 is 5.93. The molecule has 0 radical (unpaired) electrons. The minimum absolute atomic E-state index is 0.110. The number of rotatable bonds is 6. The van der Waals surface area contributed by atoms with Crippen molar-refractivity contribution in [2.45, 2.75) is 25.6 Å². The lowest BCUT2D eigenvalue weighted by molar-refractivity contribution is -0.127. The number of carbonyl (C=O) groups excluding carboxylic acids is 1. The van der Waals surface area contributed by atoms with Crippen LogP contribution >= 0.6 is 11.6 Å². The van der Waals surface area contributed by atoms with Crippen LogP contribution in [0, 0.1) is 0 Å². The fraction of sp³-hybridized carbons (Fsp3) is 0.278. The number of hydrogen-bond acceptors (Lipinski definition) is 3. The van der Waals surface area contributed by atoms with Crippen LogP contribution in [0.2, 0.25) is 5.02 Å². The average molecular weight is 368 g/mol. The van der Waals surface area contributed by atoms with Gasteiger partial charge in [-0.1, -0.05) is 23.7 Å². The zero-order valence-corrected chi connectivity index (χ0v) is 13.9. The van der Waals surface area contributed by atoms with Crippen molar-refractivity contribution in [1.29, 1.82) is 0 Å². The predicted molar refractivity (Wildman–Crippen MR) is 89.4 cm³/mol. The van der Waals surface area contributed by atoms with Gasteiger partial charge in [0.2, 0.25) is 0 Å². The summed E-state index contributed by atoms with van der Waals surface area (Å²) in [5.41, 5.74) is 1.83. The van der Waals surface area contributed by atoms with Crippen molar-refractivity contribution in [2.24, 2.45) is 0 Å². The zero-order valence-electron chi connectivity index (χ0n) is 13.2. The number of ether oxygens (including phenoxy) is 2. The van der Waals surface area contributed by atoms with Crippen LogP contribution in [0.15, 0.2) is 42.5 Å². The lowest BCUT2D eigenvalue weighted by atomic mass is 10.1. The molecule has 132 valence electrons. The van der Waals surface area contributed by atoms with Gasteiger partial charge in [-0.15, -0.1) is 0 Å². The van der Waals surface area contributed by atoms with E-state index in [0.29, 0.717) is 30.2 Å². The van der Waals surface area contributed by atoms with Gasteiger partial charge < -0.3 is 14.8 Å². The van der Waals surface area contributed by atoms with Crippen molar-refractivity contribution in [3.8, 4) is 11.5 Å². The second-order valence-corrected chi connectivity index (χ2v) is 6.06. The van der Waals surface area contributed by atoms with Crippen LogP contribution in [0.3, 0.4) is 0 Å². The second kappa shape index (κ2) is 7.70. The third kappa shape index (κ3) is 4.60. The molecule has 0 spiro atoms. The highest BCUT2D eigenvalue weighted by atomic mass is 35.5. The van der Waals surface area contributed by atoms with Gasteiger partial charge in [0.15, 0.2) is 6.10 Å². The Morgan fingerprint density at radius 3 is 2.76 bits per heavy atom. The number of fused-ring (bicyclic) bond motifs is 1. The average Bonchev–Trinajstić information content (AvgIpc) is 2.99. The first kappa shape index (κ1) is 17.5. The lowest BCUT2D eigenvalue weighted by Crippen LogP contribution is -2.38. The van der Waals surface area contributed by atoms with E-state index in [1.807, 2.05) is 0 Å². The number of amides is 1. The van der Waals surface area contributed by atoms with Crippen molar-refractivity contribution in [1.82, 2.24) is 5.32 Å². The molecule has 1 N–H and O–H groups in total. The molecule has 1 unspecified atom stereocenters. The Kier molecular flexibility index (Phi) is 5.38. The first-order valence-corrected chi connectivity index (χ1v) is 8.15. The van der Waals surface area contributed by atoms with Gasteiger partial charge in [0.25, 0.3) is 5.91 Å². The van der Waals surface area contributed by atoms with Gasteiger partial charge >= 0.3 is 6.61 Å². The summed E-state index contributed by atoms with van der Waals surface area (Å²) in [5.74, 6) is 0.600. The molecule has 1 atom stereocenters. The van der Waals surface area contributed by atoms with Gasteiger partial charge in [0.05, 0.1) is 0 Å². The van der Waals surface area contributed by atoms with E-state index in [0.717, 1.165) is 11.1 Å². The zero-order chi connectivity index (χ0) is 17.8. The minimum Gasteiger partial charge on any atom is -0.480 e. The van der Waals surface area contributed by atoms with E-state index in [1.54, 1.807) is 30.3 Å². The smallest absolute Gasteiger partial charge is 0.387 e. The second-order valence-electron chi connectivity index (χ2n) is 5.63. The molecule has 2 aromatic rings. The van der Waals surface area contributed by atoms with E-state index in [-0.39, 0.29) is 11.7 Å². The van der Waals surface area contributed by atoms with Gasteiger partial charge in [-0.05, 0) is 47.9 Å². The largest absolute Gasteiger partial charge is 0.480 e. The van der Waals surface area contributed by atoms with Gasteiger partial charge in [-0.3, -0.25) is 4.79 Å². The van der Waals surface area contributed by atoms with Gasteiger partial charge in [-0.25, -0.2) is 0 Å². The van der Waals surface area contributed by atoms with E-state index in [4.69, 9.17) is 16.3 Å². The molecule has 0 bridgehead atoms. The van der Waals surface area contributed by atoms with Gasteiger partial charge in [-0.2, -0.15) is 8.78 Å². The summed E-state index contributed by atoms with van der Waals surface area (Å²) in [6.45, 7) is -2.42. The Bertz CT molecular complexity index is 752. The molecule has 1 aliphatic rings. The SMILES string of the molecule is O=C(NCCc1ccc(OC(F)F)cc1)C1Cc2cc(Cl)ccc2O1. The number of benzene rings is 2. The van der Waals surface area contributed by atoms with Crippen LogP contribution in [-0.4, -0.2) is 25.2 Å². The molecule has 0 saturated carbocycles. The number of hydrogen-bond donors (Lipinski definition) is 1.